The van der Waals surface area contributed by atoms with Gasteiger partial charge in [-0.1, -0.05) is 6.07 Å². The zero-order valence-corrected chi connectivity index (χ0v) is 14.4. The third-order valence-electron chi connectivity index (χ3n) is 4.91. The fourth-order valence-electron chi connectivity index (χ4n) is 3.47. The Bertz CT molecular complexity index is 784. The molecule has 2 aliphatic rings. The van der Waals surface area contributed by atoms with Crippen LogP contribution in [0, 0.1) is 5.92 Å². The maximum atomic E-state index is 12.5. The van der Waals surface area contributed by atoms with Crippen LogP contribution in [0.2, 0.25) is 0 Å². The Morgan fingerprint density at radius 3 is 2.96 bits per heavy atom. The fraction of sp³-hybridized carbons (Fsp3) is 0.421. The molecule has 0 aliphatic carbocycles. The molecule has 136 valence electrons. The van der Waals surface area contributed by atoms with E-state index in [-0.39, 0.29) is 18.6 Å². The lowest BCUT2D eigenvalue weighted by Gasteiger charge is -2.16. The quantitative estimate of drug-likeness (QED) is 0.868. The molecule has 1 aromatic carbocycles. The highest BCUT2D eigenvalue weighted by molar-refractivity contribution is 5.77. The number of amides is 1. The summed E-state index contributed by atoms with van der Waals surface area (Å²) >= 11 is 0. The number of aryl methyl sites for hydroxylation is 1. The van der Waals surface area contributed by atoms with Crippen LogP contribution in [0.1, 0.15) is 17.7 Å². The van der Waals surface area contributed by atoms with Gasteiger partial charge in [-0.15, -0.1) is 0 Å². The van der Waals surface area contributed by atoms with Crippen molar-refractivity contribution in [1.82, 2.24) is 14.9 Å². The number of likely N-dealkylation sites (tertiary alicyclic amines) is 1. The standard InChI is InChI=1S/C19H21N3O4/c23-16-11-22(10-14(16)8-15-9-20-5-6-21-15)19(24)4-2-13-1-3-17-18(7-13)26-12-25-17/h1,3,5-7,9,14,16,23H,2,4,8,10-12H2/t14-,16-/m1/s1. The van der Waals surface area contributed by atoms with Gasteiger partial charge in [0.1, 0.15) is 0 Å². The third-order valence-corrected chi connectivity index (χ3v) is 4.91. The SMILES string of the molecule is O=C(CCc1ccc2c(c1)OCO2)N1C[C@@H](Cc2cnccn2)[C@H](O)C1. The molecule has 1 aromatic heterocycles. The highest BCUT2D eigenvalue weighted by Crippen LogP contribution is 2.33. The predicted octanol–water partition coefficient (Wildman–Crippen LogP) is 1.20. The van der Waals surface area contributed by atoms with E-state index in [1.165, 1.54) is 0 Å². The number of aliphatic hydroxyl groups excluding tert-OH is 1. The maximum Gasteiger partial charge on any atom is 0.231 e. The van der Waals surface area contributed by atoms with Gasteiger partial charge >= 0.3 is 0 Å². The number of nitrogens with zero attached hydrogens (tertiary/aromatic N) is 3. The molecule has 2 atom stereocenters. The molecular formula is C19H21N3O4. The molecule has 1 amide bonds. The van der Waals surface area contributed by atoms with Crippen molar-refractivity contribution in [3.05, 3.63) is 48.0 Å². The Morgan fingerprint density at radius 1 is 1.23 bits per heavy atom. The highest BCUT2D eigenvalue weighted by Gasteiger charge is 2.34. The van der Waals surface area contributed by atoms with Crippen molar-refractivity contribution in [2.45, 2.75) is 25.4 Å². The van der Waals surface area contributed by atoms with E-state index in [0.29, 0.717) is 32.4 Å². The Balaban J connectivity index is 1.31. The molecule has 26 heavy (non-hydrogen) atoms. The molecule has 1 saturated heterocycles. The second kappa shape index (κ2) is 7.29. The number of fused-ring (bicyclic) bond motifs is 1. The molecule has 0 radical (unpaired) electrons. The molecule has 3 heterocycles. The highest BCUT2D eigenvalue weighted by atomic mass is 16.7. The van der Waals surface area contributed by atoms with Crippen LogP contribution in [-0.2, 0) is 17.6 Å². The van der Waals surface area contributed by atoms with Gasteiger partial charge in [0.25, 0.3) is 0 Å². The van der Waals surface area contributed by atoms with E-state index >= 15 is 0 Å². The molecule has 1 N–H and O–H groups in total. The van der Waals surface area contributed by atoms with Crippen molar-refractivity contribution in [2.24, 2.45) is 5.92 Å². The molecule has 7 heteroatoms. The summed E-state index contributed by atoms with van der Waals surface area (Å²) in [6.07, 6.45) is 6.12. The fourth-order valence-corrected chi connectivity index (χ4v) is 3.47. The molecule has 2 aromatic rings. The molecule has 0 bridgehead atoms. The Hall–Kier alpha value is -2.67. The average Bonchev–Trinajstić information content (AvgIpc) is 3.27. The lowest BCUT2D eigenvalue weighted by Crippen LogP contribution is -2.29. The minimum absolute atomic E-state index is 0.00110. The summed E-state index contributed by atoms with van der Waals surface area (Å²) in [6.45, 7) is 1.18. The van der Waals surface area contributed by atoms with Crippen molar-refractivity contribution in [3.63, 3.8) is 0 Å². The van der Waals surface area contributed by atoms with Crippen LogP contribution in [0.5, 0.6) is 11.5 Å². The summed E-state index contributed by atoms with van der Waals surface area (Å²) in [5, 5.41) is 10.3. The molecule has 7 nitrogen and oxygen atoms in total. The molecule has 0 saturated carbocycles. The van der Waals surface area contributed by atoms with E-state index in [1.807, 2.05) is 18.2 Å². The zero-order valence-electron chi connectivity index (χ0n) is 14.4. The molecule has 4 rings (SSSR count). The van der Waals surface area contributed by atoms with Crippen molar-refractivity contribution in [2.75, 3.05) is 19.9 Å². The first kappa shape index (κ1) is 16.8. The van der Waals surface area contributed by atoms with Gasteiger partial charge in [0.2, 0.25) is 12.7 Å². The van der Waals surface area contributed by atoms with E-state index < -0.39 is 6.10 Å². The van der Waals surface area contributed by atoms with Gasteiger partial charge < -0.3 is 19.5 Å². The topological polar surface area (TPSA) is 84.8 Å². The lowest BCUT2D eigenvalue weighted by atomic mass is 10.0. The van der Waals surface area contributed by atoms with Gasteiger partial charge in [-0.05, 0) is 30.5 Å². The summed E-state index contributed by atoms with van der Waals surface area (Å²) in [5.41, 5.74) is 1.88. The number of aliphatic hydroxyl groups is 1. The van der Waals surface area contributed by atoms with E-state index in [0.717, 1.165) is 22.8 Å². The molecule has 1 fully saturated rings. The summed E-state index contributed by atoms with van der Waals surface area (Å²) in [5.74, 6) is 1.54. The summed E-state index contributed by atoms with van der Waals surface area (Å²) in [7, 11) is 0. The first-order valence-electron chi connectivity index (χ1n) is 8.78. The Kier molecular flexibility index (Phi) is 4.71. The van der Waals surface area contributed by atoms with Crippen LogP contribution < -0.4 is 9.47 Å². The number of β-amino-alcohol motifs (C(OH)–C–C–N with tert-alkyl or cyclic N) is 1. The van der Waals surface area contributed by atoms with E-state index in [9.17, 15) is 9.90 Å². The maximum absolute atomic E-state index is 12.5. The van der Waals surface area contributed by atoms with Crippen LogP contribution in [-0.4, -0.2) is 51.9 Å². The second-order valence-electron chi connectivity index (χ2n) is 6.71. The number of hydrogen-bond donors (Lipinski definition) is 1. The molecular weight excluding hydrogens is 334 g/mol. The van der Waals surface area contributed by atoms with Crippen molar-refractivity contribution >= 4 is 5.91 Å². The third kappa shape index (κ3) is 3.62. The normalized spacial score (nSPS) is 21.2. The average molecular weight is 355 g/mol. The van der Waals surface area contributed by atoms with Crippen LogP contribution in [0.15, 0.2) is 36.8 Å². The largest absolute Gasteiger partial charge is 0.454 e. The number of ether oxygens (including phenoxy) is 2. The predicted molar refractivity (Wildman–Crippen MR) is 92.7 cm³/mol. The van der Waals surface area contributed by atoms with Gasteiger partial charge in [-0.2, -0.15) is 0 Å². The number of aromatic nitrogens is 2. The van der Waals surface area contributed by atoms with Crippen molar-refractivity contribution in [3.8, 4) is 11.5 Å². The van der Waals surface area contributed by atoms with Gasteiger partial charge in [-0.25, -0.2) is 0 Å². The van der Waals surface area contributed by atoms with Crippen LogP contribution in [0.25, 0.3) is 0 Å². The van der Waals surface area contributed by atoms with Crippen molar-refractivity contribution < 1.29 is 19.4 Å². The first-order chi connectivity index (χ1) is 12.7. The van der Waals surface area contributed by atoms with Crippen LogP contribution in [0.4, 0.5) is 0 Å². The number of hydrogen-bond acceptors (Lipinski definition) is 6. The van der Waals surface area contributed by atoms with E-state index in [1.54, 1.807) is 23.5 Å². The monoisotopic (exact) mass is 355 g/mol. The Morgan fingerprint density at radius 2 is 2.12 bits per heavy atom. The summed E-state index contributed by atoms with van der Waals surface area (Å²) < 4.78 is 10.7. The molecule has 0 unspecified atom stereocenters. The van der Waals surface area contributed by atoms with Gasteiger partial charge in [-0.3, -0.25) is 14.8 Å². The van der Waals surface area contributed by atoms with Gasteiger partial charge in [0, 0.05) is 44.0 Å². The Labute approximate surface area is 151 Å². The van der Waals surface area contributed by atoms with Gasteiger partial charge in [0.15, 0.2) is 11.5 Å². The van der Waals surface area contributed by atoms with E-state index in [4.69, 9.17) is 9.47 Å². The summed E-state index contributed by atoms with van der Waals surface area (Å²) in [4.78, 5) is 22.6. The van der Waals surface area contributed by atoms with E-state index in [2.05, 4.69) is 9.97 Å². The molecule has 0 spiro atoms. The summed E-state index contributed by atoms with van der Waals surface area (Å²) in [6, 6.07) is 5.75. The lowest BCUT2D eigenvalue weighted by molar-refractivity contribution is -0.130. The van der Waals surface area contributed by atoms with Crippen LogP contribution in [0.3, 0.4) is 0 Å². The van der Waals surface area contributed by atoms with Crippen LogP contribution >= 0.6 is 0 Å². The number of benzene rings is 1. The second-order valence-corrected chi connectivity index (χ2v) is 6.71. The minimum atomic E-state index is -0.522. The first-order valence-corrected chi connectivity index (χ1v) is 8.78. The number of carbonyl (C=O) groups is 1. The van der Waals surface area contributed by atoms with Crippen molar-refractivity contribution in [1.29, 1.82) is 0 Å². The smallest absolute Gasteiger partial charge is 0.231 e. The van der Waals surface area contributed by atoms with Gasteiger partial charge in [0.05, 0.1) is 11.8 Å². The number of carbonyl (C=O) groups excluding carboxylic acids is 1. The number of rotatable bonds is 5. The zero-order chi connectivity index (χ0) is 17.9. The molecule has 2 aliphatic heterocycles. The minimum Gasteiger partial charge on any atom is -0.454 e.